The summed E-state index contributed by atoms with van der Waals surface area (Å²) in [7, 11) is 0. The number of aromatic carboxylic acids is 1. The van der Waals surface area contributed by atoms with Crippen LogP contribution in [0.3, 0.4) is 0 Å². The summed E-state index contributed by atoms with van der Waals surface area (Å²) in [5.41, 5.74) is 4.47. The summed E-state index contributed by atoms with van der Waals surface area (Å²) in [6, 6.07) is 19.7. The van der Waals surface area contributed by atoms with Crippen molar-refractivity contribution in [3.05, 3.63) is 98.0 Å². The third-order valence-corrected chi connectivity index (χ3v) is 7.06. The van der Waals surface area contributed by atoms with Crippen LogP contribution in [-0.4, -0.2) is 16.1 Å². The van der Waals surface area contributed by atoms with Crippen LogP contribution >= 0.6 is 22.7 Å². The Kier molecular flexibility index (Phi) is 6.61. The number of carbonyl (C=O) groups is 1. The number of aromatic nitrogens is 1. The van der Waals surface area contributed by atoms with E-state index in [1.165, 1.54) is 5.56 Å². The van der Waals surface area contributed by atoms with E-state index in [1.54, 1.807) is 34.8 Å². The number of benzene rings is 2. The van der Waals surface area contributed by atoms with Crippen LogP contribution in [0.2, 0.25) is 0 Å². The van der Waals surface area contributed by atoms with E-state index in [2.05, 4.69) is 54.9 Å². The molecule has 1 unspecified atom stereocenters. The van der Waals surface area contributed by atoms with Gasteiger partial charge in [0.2, 0.25) is 0 Å². The lowest BCUT2D eigenvalue weighted by molar-refractivity contribution is 0.0695. The predicted molar refractivity (Wildman–Crippen MR) is 128 cm³/mol. The minimum absolute atomic E-state index is 0.0875. The lowest BCUT2D eigenvalue weighted by Crippen LogP contribution is -2.22. The van der Waals surface area contributed by atoms with Crippen molar-refractivity contribution < 1.29 is 9.90 Å². The number of carboxylic acid groups (broad SMARTS) is 1. The first kappa shape index (κ1) is 21.4. The number of thiazole rings is 1. The van der Waals surface area contributed by atoms with Gasteiger partial charge in [-0.05, 0) is 34.6 Å². The molecule has 0 radical (unpaired) electrons. The molecule has 0 fully saturated rings. The highest BCUT2D eigenvalue weighted by Gasteiger charge is 2.20. The molecule has 2 aromatic heterocycles. The van der Waals surface area contributed by atoms with Crippen molar-refractivity contribution in [3.63, 3.8) is 0 Å². The van der Waals surface area contributed by atoms with Crippen molar-refractivity contribution in [1.29, 1.82) is 0 Å². The standard InChI is InChI=1S/C25H24N2O2S2/c1-16(2)17-9-11-18(12-10-17)21-15-31-24(27-21)23(22-8-5-13-30-22)26-14-19-6-3-4-7-20(19)25(28)29/h3-13,15-16,23,26H,14H2,1-2H3,(H,28,29). The quantitative estimate of drug-likeness (QED) is 0.320. The molecule has 0 aliphatic heterocycles. The second-order valence-corrected chi connectivity index (χ2v) is 9.51. The molecule has 2 aromatic carbocycles. The molecular formula is C25H24N2O2S2. The Labute approximate surface area is 190 Å². The molecule has 0 saturated heterocycles. The molecule has 2 heterocycles. The molecule has 4 nitrogen and oxygen atoms in total. The van der Waals surface area contributed by atoms with E-state index in [4.69, 9.17) is 4.98 Å². The van der Waals surface area contributed by atoms with E-state index in [-0.39, 0.29) is 6.04 Å². The molecule has 0 amide bonds. The van der Waals surface area contributed by atoms with Crippen LogP contribution in [0.25, 0.3) is 11.3 Å². The molecule has 4 rings (SSSR count). The Morgan fingerprint density at radius 1 is 1.03 bits per heavy atom. The van der Waals surface area contributed by atoms with Crippen molar-refractivity contribution in [1.82, 2.24) is 10.3 Å². The largest absolute Gasteiger partial charge is 0.478 e. The van der Waals surface area contributed by atoms with Crippen molar-refractivity contribution in [2.45, 2.75) is 32.4 Å². The van der Waals surface area contributed by atoms with Crippen molar-refractivity contribution in [2.75, 3.05) is 0 Å². The maximum Gasteiger partial charge on any atom is 0.336 e. The lowest BCUT2D eigenvalue weighted by Gasteiger charge is -2.16. The minimum atomic E-state index is -0.911. The first-order chi connectivity index (χ1) is 15.0. The maximum atomic E-state index is 11.6. The Morgan fingerprint density at radius 2 is 1.81 bits per heavy atom. The highest BCUT2D eigenvalue weighted by molar-refractivity contribution is 7.11. The Morgan fingerprint density at radius 3 is 2.48 bits per heavy atom. The van der Waals surface area contributed by atoms with Crippen molar-refractivity contribution in [3.8, 4) is 11.3 Å². The molecule has 4 aromatic rings. The average molecular weight is 449 g/mol. The highest BCUT2D eigenvalue weighted by atomic mass is 32.1. The molecule has 6 heteroatoms. The van der Waals surface area contributed by atoms with E-state index in [0.29, 0.717) is 18.0 Å². The molecule has 0 bridgehead atoms. The van der Waals surface area contributed by atoms with Crippen molar-refractivity contribution >= 4 is 28.6 Å². The Hall–Kier alpha value is -2.80. The maximum absolute atomic E-state index is 11.6. The normalized spacial score (nSPS) is 12.2. The van der Waals surface area contributed by atoms with E-state index >= 15 is 0 Å². The summed E-state index contributed by atoms with van der Waals surface area (Å²) in [6.07, 6.45) is 0. The summed E-state index contributed by atoms with van der Waals surface area (Å²) in [4.78, 5) is 17.6. The molecule has 2 N–H and O–H groups in total. The van der Waals surface area contributed by atoms with E-state index in [1.807, 2.05) is 23.6 Å². The van der Waals surface area contributed by atoms with Gasteiger partial charge in [-0.3, -0.25) is 5.32 Å². The van der Waals surface area contributed by atoms with Gasteiger partial charge >= 0.3 is 5.97 Å². The molecular weight excluding hydrogens is 424 g/mol. The minimum Gasteiger partial charge on any atom is -0.478 e. The van der Waals surface area contributed by atoms with Gasteiger partial charge < -0.3 is 5.11 Å². The predicted octanol–water partition coefficient (Wildman–Crippen LogP) is 6.57. The van der Waals surface area contributed by atoms with Crippen LogP contribution in [-0.2, 0) is 6.54 Å². The van der Waals surface area contributed by atoms with Gasteiger partial charge in [0.05, 0.1) is 17.3 Å². The summed E-state index contributed by atoms with van der Waals surface area (Å²) in [5.74, 6) is -0.410. The zero-order chi connectivity index (χ0) is 21.8. The zero-order valence-corrected chi connectivity index (χ0v) is 19.0. The number of carboxylic acids is 1. The molecule has 1 atom stereocenters. The number of rotatable bonds is 8. The van der Waals surface area contributed by atoms with Crippen LogP contribution in [0.4, 0.5) is 0 Å². The van der Waals surface area contributed by atoms with Gasteiger partial charge in [0.25, 0.3) is 0 Å². The lowest BCUT2D eigenvalue weighted by atomic mass is 10.0. The summed E-state index contributed by atoms with van der Waals surface area (Å²) in [5, 5.41) is 18.1. The zero-order valence-electron chi connectivity index (χ0n) is 17.4. The third-order valence-electron chi connectivity index (χ3n) is 5.21. The van der Waals surface area contributed by atoms with Gasteiger partial charge in [0, 0.05) is 22.4 Å². The fraction of sp³-hybridized carbons (Fsp3) is 0.200. The first-order valence-electron chi connectivity index (χ1n) is 10.2. The number of hydrogen-bond donors (Lipinski definition) is 2. The van der Waals surface area contributed by atoms with Crippen LogP contribution in [0.5, 0.6) is 0 Å². The number of thiophene rings is 1. The number of nitrogens with one attached hydrogen (secondary N) is 1. The second-order valence-electron chi connectivity index (χ2n) is 7.64. The fourth-order valence-corrected chi connectivity index (χ4v) is 5.25. The molecule has 0 aliphatic carbocycles. The van der Waals surface area contributed by atoms with Gasteiger partial charge in [0.15, 0.2) is 0 Å². The van der Waals surface area contributed by atoms with E-state index in [0.717, 1.165) is 26.7 Å². The topological polar surface area (TPSA) is 62.2 Å². The van der Waals surface area contributed by atoms with E-state index in [9.17, 15) is 9.90 Å². The molecule has 0 aliphatic rings. The van der Waals surface area contributed by atoms with Gasteiger partial charge in [-0.2, -0.15) is 0 Å². The third kappa shape index (κ3) is 4.93. The SMILES string of the molecule is CC(C)c1ccc(-c2csc(C(NCc3ccccc3C(=O)O)c3cccs3)n2)cc1. The second kappa shape index (κ2) is 9.56. The van der Waals surface area contributed by atoms with Gasteiger partial charge in [-0.15, -0.1) is 22.7 Å². The first-order valence-corrected chi connectivity index (χ1v) is 11.9. The number of hydrogen-bond acceptors (Lipinski definition) is 5. The molecule has 0 saturated carbocycles. The van der Waals surface area contributed by atoms with Crippen LogP contribution in [0, 0.1) is 0 Å². The van der Waals surface area contributed by atoms with Crippen LogP contribution in [0.1, 0.15) is 57.2 Å². The van der Waals surface area contributed by atoms with Gasteiger partial charge in [-0.1, -0.05) is 62.4 Å². The summed E-state index contributed by atoms with van der Waals surface area (Å²) in [6.45, 7) is 4.83. The van der Waals surface area contributed by atoms with E-state index < -0.39 is 5.97 Å². The Balaban J connectivity index is 1.59. The highest BCUT2D eigenvalue weighted by Crippen LogP contribution is 2.32. The smallest absolute Gasteiger partial charge is 0.336 e. The van der Waals surface area contributed by atoms with Gasteiger partial charge in [0.1, 0.15) is 5.01 Å². The number of nitrogens with zero attached hydrogens (tertiary/aromatic N) is 1. The van der Waals surface area contributed by atoms with Crippen LogP contribution in [0.15, 0.2) is 71.4 Å². The summed E-state index contributed by atoms with van der Waals surface area (Å²) < 4.78 is 0. The molecule has 158 valence electrons. The van der Waals surface area contributed by atoms with Gasteiger partial charge in [-0.25, -0.2) is 9.78 Å². The molecule has 31 heavy (non-hydrogen) atoms. The van der Waals surface area contributed by atoms with Crippen LogP contribution < -0.4 is 5.32 Å². The Bertz CT molecular complexity index is 1150. The monoisotopic (exact) mass is 448 g/mol. The fourth-order valence-electron chi connectivity index (χ4n) is 3.45. The summed E-state index contributed by atoms with van der Waals surface area (Å²) >= 11 is 3.29. The van der Waals surface area contributed by atoms with Crippen molar-refractivity contribution in [2.24, 2.45) is 0 Å². The average Bonchev–Trinajstić information content (AvgIpc) is 3.47. The molecule has 0 spiro atoms.